The van der Waals surface area contributed by atoms with Crippen LogP contribution in [0.1, 0.15) is 5.56 Å². The van der Waals surface area contributed by atoms with Crippen LogP contribution in [0.5, 0.6) is 0 Å². The van der Waals surface area contributed by atoms with Gasteiger partial charge in [0.25, 0.3) is 0 Å². The van der Waals surface area contributed by atoms with Crippen molar-refractivity contribution in [1.29, 1.82) is 0 Å². The van der Waals surface area contributed by atoms with E-state index in [1.807, 2.05) is 47.1 Å². The molecule has 0 aliphatic heterocycles. The van der Waals surface area contributed by atoms with E-state index in [0.29, 0.717) is 22.4 Å². The molecule has 0 fully saturated rings. The largest absolute Gasteiger partial charge is 0.337 e. The van der Waals surface area contributed by atoms with Crippen molar-refractivity contribution in [2.24, 2.45) is 0 Å². The third-order valence-corrected chi connectivity index (χ3v) is 3.50. The van der Waals surface area contributed by atoms with E-state index in [4.69, 9.17) is 23.2 Å². The molecular formula is C16H13Cl2N3. The average molecular weight is 318 g/mol. The first kappa shape index (κ1) is 14.0. The Morgan fingerprint density at radius 3 is 2.57 bits per heavy atom. The number of aromatic nitrogens is 2. The highest BCUT2D eigenvalue weighted by molar-refractivity contribution is 6.33. The molecule has 106 valence electrons. The molecule has 0 saturated carbocycles. The van der Waals surface area contributed by atoms with Crippen molar-refractivity contribution < 1.29 is 0 Å². The van der Waals surface area contributed by atoms with Gasteiger partial charge in [-0.05, 0) is 23.8 Å². The van der Waals surface area contributed by atoms with E-state index in [9.17, 15) is 0 Å². The molecule has 1 aromatic heterocycles. The summed E-state index contributed by atoms with van der Waals surface area (Å²) >= 11 is 12.2. The van der Waals surface area contributed by atoms with Crippen LogP contribution in [0.25, 0.3) is 0 Å². The first-order chi connectivity index (χ1) is 10.2. The minimum absolute atomic E-state index is 0.575. The molecule has 0 spiro atoms. The third kappa shape index (κ3) is 3.57. The molecule has 3 rings (SSSR count). The van der Waals surface area contributed by atoms with Crippen molar-refractivity contribution in [3.05, 3.63) is 76.4 Å². The lowest BCUT2D eigenvalue weighted by atomic mass is 10.2. The molecule has 0 saturated heterocycles. The highest BCUT2D eigenvalue weighted by Gasteiger charge is 2.07. The van der Waals surface area contributed by atoms with Gasteiger partial charge in [-0.3, -0.25) is 4.68 Å². The predicted octanol–water partition coefficient (Wildman–Crippen LogP) is 4.98. The standard InChI is InChI=1S/C16H13Cl2N3/c17-13-7-4-8-14(9-13)19-16-15(18)11-21(20-16)10-12-5-2-1-3-6-12/h1-9,11H,10H2,(H,19,20). The van der Waals surface area contributed by atoms with Gasteiger partial charge in [-0.25, -0.2) is 0 Å². The Morgan fingerprint density at radius 2 is 1.81 bits per heavy atom. The van der Waals surface area contributed by atoms with Crippen LogP contribution in [0, 0.1) is 0 Å². The molecule has 5 heteroatoms. The predicted molar refractivity (Wildman–Crippen MR) is 87.5 cm³/mol. The lowest BCUT2D eigenvalue weighted by Gasteiger charge is -2.04. The van der Waals surface area contributed by atoms with Gasteiger partial charge in [0.2, 0.25) is 0 Å². The highest BCUT2D eigenvalue weighted by atomic mass is 35.5. The number of benzene rings is 2. The lowest BCUT2D eigenvalue weighted by molar-refractivity contribution is 0.690. The molecule has 0 aliphatic rings. The van der Waals surface area contributed by atoms with E-state index < -0.39 is 0 Å². The Labute approximate surface area is 133 Å². The Hall–Kier alpha value is -1.97. The zero-order valence-corrected chi connectivity index (χ0v) is 12.6. The normalized spacial score (nSPS) is 10.6. The number of rotatable bonds is 4. The zero-order chi connectivity index (χ0) is 14.7. The molecule has 21 heavy (non-hydrogen) atoms. The molecule has 3 aromatic rings. The number of halogens is 2. The Balaban J connectivity index is 1.78. The Morgan fingerprint density at radius 1 is 1.00 bits per heavy atom. The molecule has 1 heterocycles. The molecule has 3 nitrogen and oxygen atoms in total. The number of anilines is 2. The molecular weight excluding hydrogens is 305 g/mol. The number of hydrogen-bond donors (Lipinski definition) is 1. The van der Waals surface area contributed by atoms with Crippen molar-refractivity contribution in [3.63, 3.8) is 0 Å². The van der Waals surface area contributed by atoms with Crippen LogP contribution in [0.2, 0.25) is 10.0 Å². The molecule has 0 bridgehead atoms. The molecule has 0 radical (unpaired) electrons. The minimum atomic E-state index is 0.575. The van der Waals surface area contributed by atoms with Crippen LogP contribution in [-0.4, -0.2) is 9.78 Å². The summed E-state index contributed by atoms with van der Waals surface area (Å²) in [6.07, 6.45) is 1.81. The van der Waals surface area contributed by atoms with Gasteiger partial charge in [0, 0.05) is 16.9 Å². The maximum Gasteiger partial charge on any atom is 0.171 e. The average Bonchev–Trinajstić information content (AvgIpc) is 2.80. The number of hydrogen-bond acceptors (Lipinski definition) is 2. The second-order valence-corrected chi connectivity index (χ2v) is 5.49. The molecule has 0 amide bonds. The SMILES string of the molecule is Clc1cccc(Nc2nn(Cc3ccccc3)cc2Cl)c1. The fourth-order valence-electron chi connectivity index (χ4n) is 2.04. The smallest absolute Gasteiger partial charge is 0.171 e. The summed E-state index contributed by atoms with van der Waals surface area (Å²) in [5.41, 5.74) is 2.03. The van der Waals surface area contributed by atoms with E-state index in [2.05, 4.69) is 22.5 Å². The maximum absolute atomic E-state index is 6.22. The van der Waals surface area contributed by atoms with E-state index in [1.54, 1.807) is 6.20 Å². The first-order valence-electron chi connectivity index (χ1n) is 6.50. The van der Waals surface area contributed by atoms with E-state index in [0.717, 1.165) is 5.69 Å². The fraction of sp³-hybridized carbons (Fsp3) is 0.0625. The molecule has 1 N–H and O–H groups in total. The summed E-state index contributed by atoms with van der Waals surface area (Å²) in [5.74, 6) is 0.620. The van der Waals surface area contributed by atoms with Crippen molar-refractivity contribution in [2.75, 3.05) is 5.32 Å². The second-order valence-electron chi connectivity index (χ2n) is 4.64. The van der Waals surface area contributed by atoms with Crippen LogP contribution >= 0.6 is 23.2 Å². The van der Waals surface area contributed by atoms with Gasteiger partial charge in [-0.1, -0.05) is 59.6 Å². The van der Waals surface area contributed by atoms with Crippen molar-refractivity contribution >= 4 is 34.7 Å². The number of nitrogens with zero attached hydrogens (tertiary/aromatic N) is 2. The second kappa shape index (κ2) is 6.20. The van der Waals surface area contributed by atoms with Crippen LogP contribution in [0.15, 0.2) is 60.8 Å². The number of nitrogens with one attached hydrogen (secondary N) is 1. The first-order valence-corrected chi connectivity index (χ1v) is 7.26. The summed E-state index contributed by atoms with van der Waals surface area (Å²) in [6, 6.07) is 17.6. The summed E-state index contributed by atoms with van der Waals surface area (Å²) in [5, 5.41) is 8.87. The van der Waals surface area contributed by atoms with Crippen LogP contribution in [-0.2, 0) is 6.54 Å². The highest BCUT2D eigenvalue weighted by Crippen LogP contribution is 2.25. The van der Waals surface area contributed by atoms with Crippen LogP contribution < -0.4 is 5.32 Å². The van der Waals surface area contributed by atoms with E-state index in [1.165, 1.54) is 5.56 Å². The molecule has 0 aliphatic carbocycles. The van der Waals surface area contributed by atoms with Gasteiger partial charge in [-0.2, -0.15) is 5.10 Å². The molecule has 0 unspecified atom stereocenters. The summed E-state index contributed by atoms with van der Waals surface area (Å²) in [7, 11) is 0. The van der Waals surface area contributed by atoms with Crippen molar-refractivity contribution in [1.82, 2.24) is 9.78 Å². The lowest BCUT2D eigenvalue weighted by Crippen LogP contribution is -2.01. The topological polar surface area (TPSA) is 29.9 Å². The zero-order valence-electron chi connectivity index (χ0n) is 11.1. The quantitative estimate of drug-likeness (QED) is 0.735. The van der Waals surface area contributed by atoms with Gasteiger partial charge >= 0.3 is 0 Å². The van der Waals surface area contributed by atoms with Gasteiger partial charge < -0.3 is 5.32 Å². The van der Waals surface area contributed by atoms with Gasteiger partial charge in [0.05, 0.1) is 6.54 Å². The van der Waals surface area contributed by atoms with E-state index >= 15 is 0 Å². The summed E-state index contributed by atoms with van der Waals surface area (Å²) in [6.45, 7) is 0.678. The fourth-order valence-corrected chi connectivity index (χ4v) is 2.42. The Bertz CT molecular complexity index is 738. The third-order valence-electron chi connectivity index (χ3n) is 2.99. The minimum Gasteiger partial charge on any atom is -0.337 e. The molecule has 2 aromatic carbocycles. The van der Waals surface area contributed by atoms with E-state index in [-0.39, 0.29) is 0 Å². The monoisotopic (exact) mass is 317 g/mol. The van der Waals surface area contributed by atoms with Gasteiger partial charge in [0.15, 0.2) is 5.82 Å². The molecule has 0 atom stereocenters. The van der Waals surface area contributed by atoms with Crippen molar-refractivity contribution in [3.8, 4) is 0 Å². The summed E-state index contributed by atoms with van der Waals surface area (Å²) < 4.78 is 1.81. The van der Waals surface area contributed by atoms with Crippen LogP contribution in [0.4, 0.5) is 11.5 Å². The van der Waals surface area contributed by atoms with Crippen LogP contribution in [0.3, 0.4) is 0 Å². The van der Waals surface area contributed by atoms with Gasteiger partial charge in [0.1, 0.15) is 5.02 Å². The van der Waals surface area contributed by atoms with Crippen molar-refractivity contribution in [2.45, 2.75) is 6.54 Å². The van der Waals surface area contributed by atoms with Gasteiger partial charge in [-0.15, -0.1) is 0 Å². The summed E-state index contributed by atoms with van der Waals surface area (Å²) in [4.78, 5) is 0. The maximum atomic E-state index is 6.22. The Kier molecular flexibility index (Phi) is 4.13.